The molecule has 2 heterocycles. The van der Waals surface area contributed by atoms with Gasteiger partial charge in [0.05, 0.1) is 19.3 Å². The highest BCUT2D eigenvalue weighted by molar-refractivity contribution is 5.41. The van der Waals surface area contributed by atoms with Crippen LogP contribution in [0.1, 0.15) is 44.1 Å². The lowest BCUT2D eigenvalue weighted by molar-refractivity contribution is -0.165. The molecule has 2 aliphatic heterocycles. The van der Waals surface area contributed by atoms with Gasteiger partial charge in [-0.05, 0) is 56.5 Å². The number of benzene rings is 1. The third-order valence-electron chi connectivity index (χ3n) is 6.45. The van der Waals surface area contributed by atoms with Gasteiger partial charge in [0.1, 0.15) is 0 Å². The molecular weight excluding hydrogens is 328 g/mol. The number of methoxy groups -OCH3 is 1. The average Bonchev–Trinajstić information content (AvgIpc) is 3.17. The summed E-state index contributed by atoms with van der Waals surface area (Å²) >= 11 is 0. The molecule has 5 nitrogen and oxygen atoms in total. The monoisotopic (exact) mass is 360 g/mol. The molecule has 2 atom stereocenters. The normalized spacial score (nSPS) is 30.7. The summed E-state index contributed by atoms with van der Waals surface area (Å²) in [5, 5.41) is 10.1. The first kappa shape index (κ1) is 18.1. The largest absolute Gasteiger partial charge is 0.504 e. The molecule has 1 spiro atoms. The van der Waals surface area contributed by atoms with Gasteiger partial charge in [-0.15, -0.1) is 0 Å². The average molecular weight is 360 g/mol. The van der Waals surface area contributed by atoms with Crippen molar-refractivity contribution in [3.63, 3.8) is 0 Å². The summed E-state index contributed by atoms with van der Waals surface area (Å²) in [6.07, 6.45) is 7.73. The molecule has 1 aromatic carbocycles. The third kappa shape index (κ3) is 3.57. The molecule has 1 saturated carbocycles. The fourth-order valence-corrected chi connectivity index (χ4v) is 5.22. The van der Waals surface area contributed by atoms with Crippen molar-refractivity contribution in [2.75, 3.05) is 39.9 Å². The topological polar surface area (TPSA) is 45.2 Å². The molecule has 1 aliphatic carbocycles. The van der Waals surface area contributed by atoms with E-state index in [1.54, 1.807) is 7.11 Å². The van der Waals surface area contributed by atoms with Gasteiger partial charge in [0.15, 0.2) is 11.5 Å². The van der Waals surface area contributed by atoms with Gasteiger partial charge >= 0.3 is 0 Å². The Hall–Kier alpha value is -1.30. The molecule has 1 N–H and O–H groups in total. The Morgan fingerprint density at radius 1 is 1.19 bits per heavy atom. The van der Waals surface area contributed by atoms with Gasteiger partial charge < -0.3 is 14.6 Å². The number of phenols is 1. The molecule has 3 aliphatic rings. The molecule has 1 aromatic rings. The summed E-state index contributed by atoms with van der Waals surface area (Å²) in [5.41, 5.74) is 1.13. The molecule has 0 aromatic heterocycles. The van der Waals surface area contributed by atoms with Crippen molar-refractivity contribution < 1.29 is 14.6 Å². The molecule has 0 amide bonds. The van der Waals surface area contributed by atoms with Crippen LogP contribution in [0.2, 0.25) is 0 Å². The minimum absolute atomic E-state index is 0.00461. The SMILES string of the molecule is COc1ccc(CN2CCOC3(CCCCC3N3CCCC3)C2)cc1O. The van der Waals surface area contributed by atoms with E-state index >= 15 is 0 Å². The predicted molar refractivity (Wildman–Crippen MR) is 102 cm³/mol. The Morgan fingerprint density at radius 2 is 2.04 bits per heavy atom. The highest BCUT2D eigenvalue weighted by Crippen LogP contribution is 2.39. The Balaban J connectivity index is 1.48. The van der Waals surface area contributed by atoms with E-state index in [1.807, 2.05) is 12.1 Å². The number of morpholine rings is 1. The highest BCUT2D eigenvalue weighted by Gasteiger charge is 2.47. The minimum Gasteiger partial charge on any atom is -0.504 e. The fraction of sp³-hybridized carbons (Fsp3) is 0.714. The molecule has 4 rings (SSSR count). The number of nitrogens with zero attached hydrogens (tertiary/aromatic N) is 2. The minimum atomic E-state index is -0.00461. The smallest absolute Gasteiger partial charge is 0.160 e. The summed E-state index contributed by atoms with van der Waals surface area (Å²) < 4.78 is 11.7. The van der Waals surface area contributed by atoms with E-state index in [2.05, 4.69) is 15.9 Å². The number of aromatic hydroxyl groups is 1. The van der Waals surface area contributed by atoms with Crippen LogP contribution in [0.25, 0.3) is 0 Å². The van der Waals surface area contributed by atoms with Crippen LogP contribution in [0.3, 0.4) is 0 Å². The van der Waals surface area contributed by atoms with Crippen LogP contribution in [0.4, 0.5) is 0 Å². The molecular formula is C21H32N2O3. The summed E-state index contributed by atoms with van der Waals surface area (Å²) in [6, 6.07) is 6.32. The number of ether oxygens (including phenoxy) is 2. The maximum Gasteiger partial charge on any atom is 0.160 e. The van der Waals surface area contributed by atoms with Crippen molar-refractivity contribution in [3.8, 4) is 11.5 Å². The van der Waals surface area contributed by atoms with Crippen LogP contribution in [-0.4, -0.2) is 66.4 Å². The molecule has 144 valence electrons. The number of likely N-dealkylation sites (tertiary alicyclic amines) is 1. The zero-order valence-electron chi connectivity index (χ0n) is 16.0. The van der Waals surface area contributed by atoms with Crippen molar-refractivity contribution in [2.45, 2.75) is 56.7 Å². The molecule has 3 fully saturated rings. The van der Waals surface area contributed by atoms with Gasteiger partial charge in [-0.25, -0.2) is 0 Å². The molecule has 0 bridgehead atoms. The van der Waals surface area contributed by atoms with Crippen molar-refractivity contribution in [2.24, 2.45) is 0 Å². The maximum atomic E-state index is 10.1. The van der Waals surface area contributed by atoms with E-state index in [9.17, 15) is 5.11 Å². The first-order valence-corrected chi connectivity index (χ1v) is 10.2. The first-order chi connectivity index (χ1) is 12.7. The van der Waals surface area contributed by atoms with E-state index in [1.165, 1.54) is 51.6 Å². The van der Waals surface area contributed by atoms with Crippen LogP contribution >= 0.6 is 0 Å². The second kappa shape index (κ2) is 7.75. The third-order valence-corrected chi connectivity index (χ3v) is 6.45. The van der Waals surface area contributed by atoms with Gasteiger partial charge in [0.25, 0.3) is 0 Å². The summed E-state index contributed by atoms with van der Waals surface area (Å²) in [7, 11) is 1.59. The van der Waals surface area contributed by atoms with Gasteiger partial charge in [-0.2, -0.15) is 0 Å². The van der Waals surface area contributed by atoms with E-state index in [4.69, 9.17) is 9.47 Å². The lowest BCUT2D eigenvalue weighted by atomic mass is 9.78. The standard InChI is InChI=1S/C21H32N2O3/c1-25-19-8-7-17(14-18(19)24)15-22-12-13-26-21(16-22)9-3-2-6-20(21)23-10-4-5-11-23/h7-8,14,20,24H,2-6,9-13,15-16H2,1H3. The Labute approximate surface area is 156 Å². The highest BCUT2D eigenvalue weighted by atomic mass is 16.5. The van der Waals surface area contributed by atoms with Gasteiger partial charge in [-0.3, -0.25) is 9.80 Å². The first-order valence-electron chi connectivity index (χ1n) is 10.2. The lowest BCUT2D eigenvalue weighted by Gasteiger charge is -2.52. The van der Waals surface area contributed by atoms with Crippen molar-refractivity contribution >= 4 is 0 Å². The molecule has 26 heavy (non-hydrogen) atoms. The second-order valence-corrected chi connectivity index (χ2v) is 8.13. The van der Waals surface area contributed by atoms with Gasteiger partial charge in [-0.1, -0.05) is 18.9 Å². The fourth-order valence-electron chi connectivity index (χ4n) is 5.22. The van der Waals surface area contributed by atoms with Gasteiger partial charge in [0, 0.05) is 25.7 Å². The summed E-state index contributed by atoms with van der Waals surface area (Å²) in [5.74, 6) is 0.758. The van der Waals surface area contributed by atoms with Crippen molar-refractivity contribution in [1.82, 2.24) is 9.80 Å². The number of hydrogen-bond acceptors (Lipinski definition) is 5. The molecule has 5 heteroatoms. The van der Waals surface area contributed by atoms with E-state index in [-0.39, 0.29) is 11.4 Å². The maximum absolute atomic E-state index is 10.1. The zero-order valence-corrected chi connectivity index (χ0v) is 16.0. The van der Waals surface area contributed by atoms with E-state index in [0.717, 1.165) is 31.8 Å². The molecule has 2 unspecified atom stereocenters. The van der Waals surface area contributed by atoms with Crippen LogP contribution in [0, 0.1) is 0 Å². The van der Waals surface area contributed by atoms with Crippen LogP contribution in [0.5, 0.6) is 11.5 Å². The molecule has 2 saturated heterocycles. The van der Waals surface area contributed by atoms with Crippen molar-refractivity contribution in [1.29, 1.82) is 0 Å². The zero-order chi connectivity index (χ0) is 18.0. The second-order valence-electron chi connectivity index (χ2n) is 8.13. The molecule has 0 radical (unpaired) electrons. The van der Waals surface area contributed by atoms with E-state index < -0.39 is 0 Å². The summed E-state index contributed by atoms with van der Waals surface area (Å²) in [6.45, 7) is 6.11. The Kier molecular flexibility index (Phi) is 5.39. The quantitative estimate of drug-likeness (QED) is 0.894. The van der Waals surface area contributed by atoms with Crippen LogP contribution in [0.15, 0.2) is 18.2 Å². The number of phenolic OH excluding ortho intramolecular Hbond substituents is 1. The Bertz CT molecular complexity index is 613. The van der Waals surface area contributed by atoms with Crippen molar-refractivity contribution in [3.05, 3.63) is 23.8 Å². The number of rotatable bonds is 4. The van der Waals surface area contributed by atoms with Crippen LogP contribution in [-0.2, 0) is 11.3 Å². The number of hydrogen-bond donors (Lipinski definition) is 1. The van der Waals surface area contributed by atoms with Gasteiger partial charge in [0.2, 0.25) is 0 Å². The Morgan fingerprint density at radius 3 is 2.81 bits per heavy atom. The predicted octanol–water partition coefficient (Wildman–Crippen LogP) is 3.01. The lowest BCUT2D eigenvalue weighted by Crippen LogP contribution is -2.63. The van der Waals surface area contributed by atoms with E-state index in [0.29, 0.717) is 11.8 Å². The van der Waals surface area contributed by atoms with Crippen LogP contribution < -0.4 is 4.74 Å². The summed E-state index contributed by atoms with van der Waals surface area (Å²) in [4.78, 5) is 5.21.